The van der Waals surface area contributed by atoms with Gasteiger partial charge in [0.2, 0.25) is 0 Å². The molecule has 0 atom stereocenters. The molecular formula is C12H13BrN4O. The standard InChI is InChI=1S/C12H13BrN4O/c1-6-3-4-8(13)5-9(6)15-12(18)11-10(14)7(2)16-17-11/h3-5H,14H2,1-2H3,(H,15,18)(H,16,17). The van der Waals surface area contributed by atoms with Crippen LogP contribution in [-0.2, 0) is 0 Å². The molecule has 1 aromatic heterocycles. The number of carbonyl (C=O) groups excluding carboxylic acids is 1. The van der Waals surface area contributed by atoms with Crippen molar-refractivity contribution in [1.82, 2.24) is 10.2 Å². The van der Waals surface area contributed by atoms with Crippen LogP contribution in [0.1, 0.15) is 21.7 Å². The molecule has 6 heteroatoms. The van der Waals surface area contributed by atoms with Crippen molar-refractivity contribution < 1.29 is 4.79 Å². The Bertz CT molecular complexity index is 606. The summed E-state index contributed by atoms with van der Waals surface area (Å²) in [5, 5.41) is 9.36. The van der Waals surface area contributed by atoms with E-state index in [2.05, 4.69) is 31.4 Å². The van der Waals surface area contributed by atoms with E-state index in [1.165, 1.54) is 0 Å². The van der Waals surface area contributed by atoms with Gasteiger partial charge in [-0.05, 0) is 31.5 Å². The molecule has 0 aliphatic heterocycles. The molecule has 1 aromatic carbocycles. The van der Waals surface area contributed by atoms with Gasteiger partial charge in [0, 0.05) is 10.2 Å². The Hall–Kier alpha value is -1.82. The summed E-state index contributed by atoms with van der Waals surface area (Å²) in [6, 6.07) is 5.67. The van der Waals surface area contributed by atoms with Gasteiger partial charge in [-0.25, -0.2) is 0 Å². The maximum absolute atomic E-state index is 12.0. The van der Waals surface area contributed by atoms with Crippen LogP contribution in [0.4, 0.5) is 11.4 Å². The average molecular weight is 309 g/mol. The molecule has 0 fully saturated rings. The number of aryl methyl sites for hydroxylation is 2. The molecule has 1 amide bonds. The Morgan fingerprint density at radius 1 is 1.44 bits per heavy atom. The van der Waals surface area contributed by atoms with Crippen LogP contribution in [0.5, 0.6) is 0 Å². The van der Waals surface area contributed by atoms with Crippen LogP contribution >= 0.6 is 15.9 Å². The number of benzene rings is 1. The fourth-order valence-electron chi connectivity index (χ4n) is 1.52. The highest BCUT2D eigenvalue weighted by atomic mass is 79.9. The van der Waals surface area contributed by atoms with E-state index in [0.717, 1.165) is 15.7 Å². The fourth-order valence-corrected chi connectivity index (χ4v) is 1.88. The molecule has 0 bridgehead atoms. The van der Waals surface area contributed by atoms with E-state index >= 15 is 0 Å². The molecule has 0 aliphatic carbocycles. The van der Waals surface area contributed by atoms with Crippen molar-refractivity contribution in [2.75, 3.05) is 11.1 Å². The number of H-pyrrole nitrogens is 1. The number of hydrogen-bond acceptors (Lipinski definition) is 3. The number of rotatable bonds is 2. The van der Waals surface area contributed by atoms with Gasteiger partial charge in [-0.2, -0.15) is 5.10 Å². The Labute approximate surface area is 113 Å². The molecule has 0 saturated heterocycles. The topological polar surface area (TPSA) is 83.8 Å². The van der Waals surface area contributed by atoms with Crippen LogP contribution in [0.2, 0.25) is 0 Å². The number of nitrogens with two attached hydrogens (primary N) is 1. The van der Waals surface area contributed by atoms with Gasteiger partial charge < -0.3 is 11.1 Å². The lowest BCUT2D eigenvalue weighted by Gasteiger charge is -2.07. The van der Waals surface area contributed by atoms with Gasteiger partial charge in [-0.15, -0.1) is 0 Å². The quantitative estimate of drug-likeness (QED) is 0.797. The Morgan fingerprint density at radius 2 is 2.17 bits per heavy atom. The van der Waals surface area contributed by atoms with Crippen molar-refractivity contribution in [2.24, 2.45) is 0 Å². The van der Waals surface area contributed by atoms with Crippen LogP contribution in [0.15, 0.2) is 22.7 Å². The van der Waals surface area contributed by atoms with E-state index in [0.29, 0.717) is 11.4 Å². The summed E-state index contributed by atoms with van der Waals surface area (Å²) >= 11 is 3.36. The second-order valence-corrected chi connectivity index (χ2v) is 4.94. The monoisotopic (exact) mass is 308 g/mol. The van der Waals surface area contributed by atoms with Gasteiger partial charge in [0.05, 0.1) is 11.4 Å². The second-order valence-electron chi connectivity index (χ2n) is 4.02. The third-order valence-electron chi connectivity index (χ3n) is 2.66. The number of hydrogen-bond donors (Lipinski definition) is 3. The minimum Gasteiger partial charge on any atom is -0.395 e. The summed E-state index contributed by atoms with van der Waals surface area (Å²) in [4.78, 5) is 12.0. The molecule has 2 aromatic rings. The number of nitrogens with zero attached hydrogens (tertiary/aromatic N) is 1. The van der Waals surface area contributed by atoms with Crippen molar-refractivity contribution in [3.8, 4) is 0 Å². The zero-order chi connectivity index (χ0) is 13.3. The molecule has 1 heterocycles. The van der Waals surface area contributed by atoms with Crippen LogP contribution in [0, 0.1) is 13.8 Å². The van der Waals surface area contributed by atoms with Crippen LogP contribution in [0.25, 0.3) is 0 Å². The first kappa shape index (κ1) is 12.6. The zero-order valence-corrected chi connectivity index (χ0v) is 11.6. The van der Waals surface area contributed by atoms with Gasteiger partial charge in [0.25, 0.3) is 5.91 Å². The Kier molecular flexibility index (Phi) is 3.38. The van der Waals surface area contributed by atoms with E-state index in [1.807, 2.05) is 25.1 Å². The number of aromatic nitrogens is 2. The van der Waals surface area contributed by atoms with Crippen molar-refractivity contribution in [3.05, 3.63) is 39.6 Å². The van der Waals surface area contributed by atoms with E-state index in [4.69, 9.17) is 5.73 Å². The molecular weight excluding hydrogens is 296 g/mol. The van der Waals surface area contributed by atoms with E-state index in [1.54, 1.807) is 6.92 Å². The Morgan fingerprint density at radius 3 is 2.78 bits per heavy atom. The molecule has 0 unspecified atom stereocenters. The molecule has 2 rings (SSSR count). The van der Waals surface area contributed by atoms with Crippen molar-refractivity contribution in [1.29, 1.82) is 0 Å². The fraction of sp³-hybridized carbons (Fsp3) is 0.167. The highest BCUT2D eigenvalue weighted by Gasteiger charge is 2.16. The molecule has 0 saturated carbocycles. The lowest BCUT2D eigenvalue weighted by atomic mass is 10.2. The summed E-state index contributed by atoms with van der Waals surface area (Å²) in [7, 11) is 0. The molecule has 94 valence electrons. The number of nitrogens with one attached hydrogen (secondary N) is 2. The number of halogens is 1. The van der Waals surface area contributed by atoms with E-state index in [9.17, 15) is 4.79 Å². The molecule has 0 aliphatic rings. The van der Waals surface area contributed by atoms with Gasteiger partial charge in [0.15, 0.2) is 5.69 Å². The van der Waals surface area contributed by atoms with Crippen molar-refractivity contribution in [3.63, 3.8) is 0 Å². The molecule has 0 spiro atoms. The molecule has 5 nitrogen and oxygen atoms in total. The zero-order valence-electron chi connectivity index (χ0n) is 10.0. The van der Waals surface area contributed by atoms with Crippen LogP contribution in [0.3, 0.4) is 0 Å². The number of carbonyl (C=O) groups is 1. The van der Waals surface area contributed by atoms with E-state index in [-0.39, 0.29) is 11.6 Å². The highest BCUT2D eigenvalue weighted by molar-refractivity contribution is 9.10. The third kappa shape index (κ3) is 2.38. The van der Waals surface area contributed by atoms with Gasteiger partial charge >= 0.3 is 0 Å². The summed E-state index contributed by atoms with van der Waals surface area (Å²) in [5.41, 5.74) is 8.74. The number of aromatic amines is 1. The lowest BCUT2D eigenvalue weighted by Crippen LogP contribution is -2.15. The number of nitrogen functional groups attached to an aromatic ring is 1. The first-order valence-corrected chi connectivity index (χ1v) is 6.16. The van der Waals surface area contributed by atoms with Gasteiger partial charge in [-0.3, -0.25) is 9.89 Å². The minimum atomic E-state index is -0.321. The largest absolute Gasteiger partial charge is 0.395 e. The smallest absolute Gasteiger partial charge is 0.278 e. The SMILES string of the molecule is Cc1ccc(Br)cc1NC(=O)c1n[nH]c(C)c1N. The van der Waals surface area contributed by atoms with Crippen molar-refractivity contribution >= 4 is 33.2 Å². The summed E-state index contributed by atoms with van der Waals surface area (Å²) in [5.74, 6) is -0.321. The minimum absolute atomic E-state index is 0.215. The van der Waals surface area contributed by atoms with Crippen LogP contribution < -0.4 is 11.1 Å². The maximum Gasteiger partial charge on any atom is 0.278 e. The summed E-state index contributed by atoms with van der Waals surface area (Å²) in [6.07, 6.45) is 0. The number of anilines is 2. The van der Waals surface area contributed by atoms with Crippen LogP contribution in [-0.4, -0.2) is 16.1 Å². The normalized spacial score (nSPS) is 10.4. The third-order valence-corrected chi connectivity index (χ3v) is 3.15. The molecule has 0 radical (unpaired) electrons. The lowest BCUT2D eigenvalue weighted by molar-refractivity contribution is 0.102. The predicted molar refractivity (Wildman–Crippen MR) is 74.6 cm³/mol. The molecule has 4 N–H and O–H groups in total. The van der Waals surface area contributed by atoms with Gasteiger partial charge in [-0.1, -0.05) is 22.0 Å². The average Bonchev–Trinajstić information content (AvgIpc) is 2.65. The first-order valence-electron chi connectivity index (χ1n) is 5.37. The second kappa shape index (κ2) is 4.81. The Balaban J connectivity index is 2.27. The highest BCUT2D eigenvalue weighted by Crippen LogP contribution is 2.22. The van der Waals surface area contributed by atoms with Crippen molar-refractivity contribution in [2.45, 2.75) is 13.8 Å². The van der Waals surface area contributed by atoms with Gasteiger partial charge in [0.1, 0.15) is 0 Å². The first-order chi connectivity index (χ1) is 8.49. The summed E-state index contributed by atoms with van der Waals surface area (Å²) in [6.45, 7) is 3.69. The summed E-state index contributed by atoms with van der Waals surface area (Å²) < 4.78 is 0.898. The molecule has 18 heavy (non-hydrogen) atoms. The predicted octanol–water partition coefficient (Wildman–Crippen LogP) is 2.62. The van der Waals surface area contributed by atoms with E-state index < -0.39 is 0 Å². The number of amides is 1. The maximum atomic E-state index is 12.0.